The van der Waals surface area contributed by atoms with Gasteiger partial charge in [0, 0.05) is 19.6 Å². The van der Waals surface area contributed by atoms with E-state index in [1.54, 1.807) is 11.9 Å². The molecule has 2 rings (SSSR count). The Labute approximate surface area is 108 Å². The van der Waals surface area contributed by atoms with Crippen molar-refractivity contribution in [1.29, 1.82) is 0 Å². The fourth-order valence-electron chi connectivity index (χ4n) is 3.19. The van der Waals surface area contributed by atoms with Crippen LogP contribution in [0.5, 0.6) is 0 Å². The second-order valence-electron chi connectivity index (χ2n) is 5.57. The largest absolute Gasteiger partial charge is 0.480 e. The third kappa shape index (κ3) is 2.31. The summed E-state index contributed by atoms with van der Waals surface area (Å²) in [4.78, 5) is 26.9. The predicted molar refractivity (Wildman–Crippen MR) is 67.3 cm³/mol. The van der Waals surface area contributed by atoms with Crippen molar-refractivity contribution in [1.82, 2.24) is 9.80 Å². The van der Waals surface area contributed by atoms with Crippen molar-refractivity contribution in [3.8, 4) is 0 Å². The van der Waals surface area contributed by atoms with Gasteiger partial charge in [0.1, 0.15) is 6.04 Å². The molecule has 0 spiro atoms. The summed E-state index contributed by atoms with van der Waals surface area (Å²) in [6.07, 6.45) is 5.20. The summed E-state index contributed by atoms with van der Waals surface area (Å²) in [7, 11) is 1.81. The maximum Gasteiger partial charge on any atom is 0.326 e. The maximum atomic E-state index is 12.4. The predicted octanol–water partition coefficient (Wildman–Crippen LogP) is 1.78. The van der Waals surface area contributed by atoms with Crippen molar-refractivity contribution >= 4 is 12.0 Å². The number of aliphatic carboxylic acids is 1. The SMILES string of the molecule is CC1CCN(C(=O)N(C)C2CCCC2)C1C(=O)O. The summed E-state index contributed by atoms with van der Waals surface area (Å²) in [5.74, 6) is -0.836. The van der Waals surface area contributed by atoms with Crippen LogP contribution in [0.1, 0.15) is 39.0 Å². The van der Waals surface area contributed by atoms with Gasteiger partial charge >= 0.3 is 12.0 Å². The van der Waals surface area contributed by atoms with Crippen molar-refractivity contribution in [3.05, 3.63) is 0 Å². The molecule has 2 aliphatic rings. The fourth-order valence-corrected chi connectivity index (χ4v) is 3.19. The second kappa shape index (κ2) is 5.16. The van der Waals surface area contributed by atoms with Gasteiger partial charge in [-0.15, -0.1) is 0 Å². The van der Waals surface area contributed by atoms with Crippen LogP contribution in [-0.2, 0) is 4.79 Å². The van der Waals surface area contributed by atoms with Gasteiger partial charge in [-0.2, -0.15) is 0 Å². The van der Waals surface area contributed by atoms with Crippen molar-refractivity contribution in [2.24, 2.45) is 5.92 Å². The number of hydrogen-bond donors (Lipinski definition) is 1. The first-order valence-electron chi connectivity index (χ1n) is 6.78. The molecule has 102 valence electrons. The van der Waals surface area contributed by atoms with Crippen LogP contribution in [0.4, 0.5) is 4.79 Å². The van der Waals surface area contributed by atoms with E-state index in [1.165, 1.54) is 17.7 Å². The molecule has 0 aromatic heterocycles. The first-order valence-corrected chi connectivity index (χ1v) is 6.78. The summed E-state index contributed by atoms with van der Waals surface area (Å²) in [5.41, 5.74) is 0. The Bertz CT molecular complexity index is 339. The summed E-state index contributed by atoms with van der Waals surface area (Å²) in [5, 5.41) is 9.24. The third-order valence-electron chi connectivity index (χ3n) is 4.37. The highest BCUT2D eigenvalue weighted by Crippen LogP contribution is 2.28. The average Bonchev–Trinajstić information content (AvgIpc) is 2.95. The lowest BCUT2D eigenvalue weighted by Crippen LogP contribution is -2.50. The maximum absolute atomic E-state index is 12.4. The fraction of sp³-hybridized carbons (Fsp3) is 0.846. The Hall–Kier alpha value is -1.26. The van der Waals surface area contributed by atoms with Gasteiger partial charge < -0.3 is 14.9 Å². The molecule has 1 saturated carbocycles. The quantitative estimate of drug-likeness (QED) is 0.817. The molecule has 1 saturated heterocycles. The molecule has 1 heterocycles. The first-order chi connectivity index (χ1) is 8.52. The van der Waals surface area contributed by atoms with Gasteiger partial charge in [0.15, 0.2) is 0 Å². The van der Waals surface area contributed by atoms with Crippen LogP contribution in [0.15, 0.2) is 0 Å². The van der Waals surface area contributed by atoms with E-state index in [2.05, 4.69) is 0 Å². The number of carbonyl (C=O) groups is 2. The molecule has 2 unspecified atom stereocenters. The van der Waals surface area contributed by atoms with Gasteiger partial charge in [0.25, 0.3) is 0 Å². The number of rotatable bonds is 2. The molecule has 0 aromatic carbocycles. The van der Waals surface area contributed by atoms with Crippen molar-refractivity contribution in [2.45, 2.75) is 51.1 Å². The Kier molecular flexibility index (Phi) is 3.78. The van der Waals surface area contributed by atoms with Crippen LogP contribution in [0.25, 0.3) is 0 Å². The van der Waals surface area contributed by atoms with Crippen molar-refractivity contribution < 1.29 is 14.7 Å². The molecule has 0 radical (unpaired) electrons. The van der Waals surface area contributed by atoms with E-state index >= 15 is 0 Å². The van der Waals surface area contributed by atoms with Crippen molar-refractivity contribution in [2.75, 3.05) is 13.6 Å². The highest BCUT2D eigenvalue weighted by Gasteiger charge is 2.41. The number of hydrogen-bond acceptors (Lipinski definition) is 2. The first kappa shape index (κ1) is 13.2. The van der Waals surface area contributed by atoms with E-state index in [0.717, 1.165) is 19.3 Å². The lowest BCUT2D eigenvalue weighted by atomic mass is 10.0. The molecule has 0 bridgehead atoms. The Morgan fingerprint density at radius 3 is 2.39 bits per heavy atom. The van der Waals surface area contributed by atoms with E-state index in [1.807, 2.05) is 6.92 Å². The smallest absolute Gasteiger partial charge is 0.326 e. The van der Waals surface area contributed by atoms with Crippen LogP contribution < -0.4 is 0 Å². The van der Waals surface area contributed by atoms with Crippen LogP contribution in [0.3, 0.4) is 0 Å². The van der Waals surface area contributed by atoms with Crippen LogP contribution in [-0.4, -0.2) is 52.6 Å². The molecule has 2 amide bonds. The third-order valence-corrected chi connectivity index (χ3v) is 4.37. The van der Waals surface area contributed by atoms with E-state index in [0.29, 0.717) is 12.6 Å². The normalized spacial score (nSPS) is 28.7. The molecule has 5 heteroatoms. The highest BCUT2D eigenvalue weighted by atomic mass is 16.4. The van der Waals surface area contributed by atoms with Crippen molar-refractivity contribution in [3.63, 3.8) is 0 Å². The van der Waals surface area contributed by atoms with Crippen LogP contribution >= 0.6 is 0 Å². The highest BCUT2D eigenvalue weighted by molar-refractivity contribution is 5.83. The molecule has 1 aliphatic heterocycles. The Balaban J connectivity index is 2.05. The second-order valence-corrected chi connectivity index (χ2v) is 5.57. The minimum Gasteiger partial charge on any atom is -0.480 e. The minimum atomic E-state index is -0.881. The molecule has 1 aliphatic carbocycles. The average molecular weight is 254 g/mol. The number of likely N-dealkylation sites (tertiary alicyclic amines) is 1. The molecular weight excluding hydrogens is 232 g/mol. The molecule has 18 heavy (non-hydrogen) atoms. The minimum absolute atomic E-state index is 0.0448. The van der Waals surface area contributed by atoms with Gasteiger partial charge in [-0.1, -0.05) is 19.8 Å². The standard InChI is InChI=1S/C13H22N2O3/c1-9-7-8-15(11(9)12(16)17)13(18)14(2)10-5-3-4-6-10/h9-11H,3-8H2,1-2H3,(H,16,17). The van der Waals surface area contributed by atoms with Gasteiger partial charge in [0.2, 0.25) is 0 Å². The van der Waals surface area contributed by atoms with Gasteiger partial charge in [-0.3, -0.25) is 0 Å². The monoisotopic (exact) mass is 254 g/mol. The number of nitrogens with zero attached hydrogens (tertiary/aromatic N) is 2. The summed E-state index contributed by atoms with van der Waals surface area (Å²) in [6, 6.07) is -0.470. The summed E-state index contributed by atoms with van der Waals surface area (Å²) in [6.45, 7) is 2.47. The molecule has 2 fully saturated rings. The zero-order chi connectivity index (χ0) is 13.3. The molecular formula is C13H22N2O3. The number of carboxylic acids is 1. The number of urea groups is 1. The molecule has 1 N–H and O–H groups in total. The molecule has 5 nitrogen and oxygen atoms in total. The Morgan fingerprint density at radius 1 is 1.22 bits per heavy atom. The zero-order valence-electron chi connectivity index (χ0n) is 11.1. The zero-order valence-corrected chi connectivity index (χ0v) is 11.1. The topological polar surface area (TPSA) is 60.9 Å². The van der Waals surface area contributed by atoms with Crippen LogP contribution in [0, 0.1) is 5.92 Å². The van der Waals surface area contributed by atoms with Gasteiger partial charge in [-0.05, 0) is 25.2 Å². The number of carboxylic acid groups (broad SMARTS) is 1. The molecule has 2 atom stereocenters. The lowest BCUT2D eigenvalue weighted by Gasteiger charge is -2.32. The van der Waals surface area contributed by atoms with Gasteiger partial charge in [0.05, 0.1) is 0 Å². The Morgan fingerprint density at radius 2 is 1.83 bits per heavy atom. The summed E-state index contributed by atoms with van der Waals surface area (Å²) < 4.78 is 0. The lowest BCUT2D eigenvalue weighted by molar-refractivity contribution is -0.142. The van der Waals surface area contributed by atoms with Gasteiger partial charge in [-0.25, -0.2) is 9.59 Å². The number of carbonyl (C=O) groups excluding carboxylic acids is 1. The van der Waals surface area contributed by atoms with E-state index in [4.69, 9.17) is 0 Å². The summed E-state index contributed by atoms with van der Waals surface area (Å²) >= 11 is 0. The van der Waals surface area contributed by atoms with E-state index < -0.39 is 12.0 Å². The number of amides is 2. The van der Waals surface area contributed by atoms with Crippen LogP contribution in [0.2, 0.25) is 0 Å². The van der Waals surface area contributed by atoms with E-state index in [9.17, 15) is 14.7 Å². The van der Waals surface area contributed by atoms with E-state index in [-0.39, 0.29) is 11.9 Å². The molecule has 0 aromatic rings.